The first kappa shape index (κ1) is 22.1. The number of benzene rings is 2. The molecule has 35 heavy (non-hydrogen) atoms. The van der Waals surface area contributed by atoms with Crippen molar-refractivity contribution >= 4 is 34.3 Å². The topological polar surface area (TPSA) is 72.5 Å². The number of para-hydroxylation sites is 2. The Labute approximate surface area is 207 Å². The van der Waals surface area contributed by atoms with E-state index >= 15 is 0 Å². The Hall–Kier alpha value is -3.39. The zero-order valence-corrected chi connectivity index (χ0v) is 20.5. The summed E-state index contributed by atoms with van der Waals surface area (Å²) in [5, 5.41) is 10.1. The van der Waals surface area contributed by atoms with E-state index < -0.39 is 0 Å². The summed E-state index contributed by atoms with van der Waals surface area (Å²) < 4.78 is 3.53. The van der Waals surface area contributed by atoms with Crippen molar-refractivity contribution in [1.29, 1.82) is 0 Å². The Balaban J connectivity index is 1.41. The Morgan fingerprint density at radius 3 is 2.66 bits per heavy atom. The summed E-state index contributed by atoms with van der Waals surface area (Å²) in [7, 11) is 0. The molecule has 2 heterocycles. The van der Waals surface area contributed by atoms with E-state index in [4.69, 9.17) is 0 Å². The lowest BCUT2D eigenvalue weighted by Gasteiger charge is -2.27. The number of carbonyl (C=O) groups is 1. The first-order valence-corrected chi connectivity index (χ1v) is 13.2. The summed E-state index contributed by atoms with van der Waals surface area (Å²) in [4.78, 5) is 28.9. The molecule has 0 radical (unpaired) electrons. The van der Waals surface area contributed by atoms with Crippen molar-refractivity contribution < 1.29 is 4.79 Å². The van der Waals surface area contributed by atoms with E-state index in [1.807, 2.05) is 64.8 Å². The maximum Gasteiger partial charge on any atom is 0.267 e. The van der Waals surface area contributed by atoms with Gasteiger partial charge in [-0.1, -0.05) is 48.2 Å². The highest BCUT2D eigenvalue weighted by Gasteiger charge is 2.35. The quantitative estimate of drug-likeness (QED) is 0.364. The molecule has 0 atom stereocenters. The Morgan fingerprint density at radius 2 is 1.89 bits per heavy atom. The second-order valence-corrected chi connectivity index (χ2v) is 10.2. The van der Waals surface area contributed by atoms with Crippen LogP contribution in [0.4, 0.5) is 0 Å². The Kier molecular flexibility index (Phi) is 5.68. The van der Waals surface area contributed by atoms with Crippen LogP contribution >= 0.6 is 11.8 Å². The summed E-state index contributed by atoms with van der Waals surface area (Å²) in [6.45, 7) is 1.98. The maximum atomic E-state index is 13.5. The van der Waals surface area contributed by atoms with Crippen LogP contribution in [0.25, 0.3) is 22.4 Å². The standard InChI is InChI=1S/C27H27N5O2S/c1-18-9-5-7-13-22(18)31-25(34)21-12-6-8-14-23(21)32-26(31)28-29-27(32)35-17-24(33)30(20-15-16-20)19-10-3-2-4-11-19/h5-10,12-14,20H,2-4,11,15-17H2,1H3. The van der Waals surface area contributed by atoms with Crippen LogP contribution in [0.3, 0.4) is 0 Å². The molecule has 2 aromatic heterocycles. The van der Waals surface area contributed by atoms with E-state index in [1.165, 1.54) is 23.9 Å². The van der Waals surface area contributed by atoms with Gasteiger partial charge in [0.25, 0.3) is 5.56 Å². The molecular formula is C27H27N5O2S. The normalized spacial score (nSPS) is 16.0. The number of allylic oxidation sites excluding steroid dienone is 2. The smallest absolute Gasteiger partial charge is 0.267 e. The Bertz CT molecular complexity index is 1530. The number of fused-ring (bicyclic) bond motifs is 3. The zero-order chi connectivity index (χ0) is 23.9. The fourth-order valence-electron chi connectivity index (χ4n) is 4.97. The Morgan fingerprint density at radius 1 is 1.09 bits per heavy atom. The van der Waals surface area contributed by atoms with E-state index in [9.17, 15) is 9.59 Å². The summed E-state index contributed by atoms with van der Waals surface area (Å²) >= 11 is 1.39. The van der Waals surface area contributed by atoms with E-state index in [0.717, 1.165) is 48.9 Å². The van der Waals surface area contributed by atoms with Gasteiger partial charge in [0.2, 0.25) is 11.7 Å². The zero-order valence-electron chi connectivity index (χ0n) is 19.7. The van der Waals surface area contributed by atoms with E-state index in [1.54, 1.807) is 4.57 Å². The maximum absolute atomic E-state index is 13.5. The molecule has 1 saturated carbocycles. The highest BCUT2D eigenvalue weighted by Crippen LogP contribution is 2.35. The van der Waals surface area contributed by atoms with Crippen LogP contribution in [0, 0.1) is 6.92 Å². The molecule has 0 aliphatic heterocycles. The molecule has 178 valence electrons. The molecular weight excluding hydrogens is 458 g/mol. The molecule has 1 fully saturated rings. The van der Waals surface area contributed by atoms with Gasteiger partial charge >= 0.3 is 0 Å². The minimum atomic E-state index is -0.133. The monoisotopic (exact) mass is 485 g/mol. The molecule has 0 bridgehead atoms. The number of rotatable bonds is 6. The van der Waals surface area contributed by atoms with Gasteiger partial charge < -0.3 is 4.90 Å². The number of amides is 1. The third-order valence-electron chi connectivity index (χ3n) is 6.83. The van der Waals surface area contributed by atoms with Gasteiger partial charge in [0.05, 0.1) is 22.3 Å². The number of aromatic nitrogens is 4. The van der Waals surface area contributed by atoms with Crippen LogP contribution < -0.4 is 5.56 Å². The molecule has 0 unspecified atom stereocenters. The predicted molar refractivity (Wildman–Crippen MR) is 138 cm³/mol. The summed E-state index contributed by atoms with van der Waals surface area (Å²) in [6, 6.07) is 15.6. The lowest BCUT2D eigenvalue weighted by molar-refractivity contribution is -0.127. The predicted octanol–water partition coefficient (Wildman–Crippen LogP) is 4.88. The number of aryl methyl sites for hydroxylation is 1. The molecule has 0 saturated heterocycles. The average Bonchev–Trinajstić information content (AvgIpc) is 3.63. The number of hydrogen-bond donors (Lipinski definition) is 0. The average molecular weight is 486 g/mol. The van der Waals surface area contributed by atoms with Gasteiger partial charge in [0.1, 0.15) is 0 Å². The molecule has 0 spiro atoms. The van der Waals surface area contributed by atoms with E-state index in [-0.39, 0.29) is 17.2 Å². The number of hydrogen-bond acceptors (Lipinski definition) is 5. The molecule has 1 amide bonds. The number of nitrogens with zero attached hydrogens (tertiary/aromatic N) is 5. The van der Waals surface area contributed by atoms with Crippen LogP contribution in [0.2, 0.25) is 0 Å². The fraction of sp³-hybridized carbons (Fsp3) is 0.333. The molecule has 6 rings (SSSR count). The van der Waals surface area contributed by atoms with Crippen molar-refractivity contribution in [2.75, 3.05) is 5.75 Å². The van der Waals surface area contributed by atoms with Gasteiger partial charge in [0, 0.05) is 11.7 Å². The van der Waals surface area contributed by atoms with Crippen LogP contribution in [-0.2, 0) is 4.79 Å². The second kappa shape index (κ2) is 9.00. The molecule has 2 aromatic carbocycles. The summed E-state index contributed by atoms with van der Waals surface area (Å²) in [6.07, 6.45) is 8.78. The summed E-state index contributed by atoms with van der Waals surface area (Å²) in [5.41, 5.74) is 3.55. The minimum Gasteiger partial charge on any atom is -0.313 e. The third kappa shape index (κ3) is 3.95. The van der Waals surface area contributed by atoms with Gasteiger partial charge in [-0.3, -0.25) is 14.0 Å². The second-order valence-electron chi connectivity index (χ2n) is 9.29. The molecule has 8 heteroatoms. The molecule has 2 aliphatic carbocycles. The van der Waals surface area contributed by atoms with Crippen molar-refractivity contribution in [2.45, 2.75) is 56.6 Å². The van der Waals surface area contributed by atoms with Gasteiger partial charge in [-0.15, -0.1) is 10.2 Å². The lowest BCUT2D eigenvalue weighted by Crippen LogP contribution is -2.34. The van der Waals surface area contributed by atoms with Crippen molar-refractivity contribution in [3.05, 3.63) is 76.2 Å². The van der Waals surface area contributed by atoms with Crippen molar-refractivity contribution in [2.24, 2.45) is 0 Å². The van der Waals surface area contributed by atoms with Gasteiger partial charge in [0.15, 0.2) is 5.16 Å². The molecule has 2 aliphatic rings. The van der Waals surface area contributed by atoms with Crippen molar-refractivity contribution in [1.82, 2.24) is 24.1 Å². The number of thioether (sulfide) groups is 1. The van der Waals surface area contributed by atoms with E-state index in [0.29, 0.717) is 22.4 Å². The minimum absolute atomic E-state index is 0.124. The fourth-order valence-corrected chi connectivity index (χ4v) is 5.77. The van der Waals surface area contributed by atoms with Crippen LogP contribution in [0.5, 0.6) is 0 Å². The lowest BCUT2D eigenvalue weighted by atomic mass is 10.0. The highest BCUT2D eigenvalue weighted by atomic mass is 32.2. The highest BCUT2D eigenvalue weighted by molar-refractivity contribution is 7.99. The van der Waals surface area contributed by atoms with Crippen LogP contribution in [-0.4, -0.2) is 41.8 Å². The SMILES string of the molecule is Cc1ccccc1-n1c(=O)c2ccccc2n2c(SCC(=O)N(C3=CCCCC3)C3CC3)nnc12. The van der Waals surface area contributed by atoms with Gasteiger partial charge in [-0.2, -0.15) is 0 Å². The first-order valence-electron chi connectivity index (χ1n) is 12.2. The van der Waals surface area contributed by atoms with Gasteiger partial charge in [-0.25, -0.2) is 4.57 Å². The largest absolute Gasteiger partial charge is 0.313 e. The van der Waals surface area contributed by atoms with E-state index in [2.05, 4.69) is 16.3 Å². The third-order valence-corrected chi connectivity index (χ3v) is 7.75. The van der Waals surface area contributed by atoms with Crippen LogP contribution in [0.15, 0.2) is 70.3 Å². The molecule has 0 N–H and O–H groups in total. The molecule has 4 aromatic rings. The van der Waals surface area contributed by atoms with Gasteiger partial charge in [-0.05, 0) is 69.2 Å². The van der Waals surface area contributed by atoms with Crippen molar-refractivity contribution in [3.8, 4) is 5.69 Å². The molecule has 7 nitrogen and oxygen atoms in total. The summed E-state index contributed by atoms with van der Waals surface area (Å²) in [5.74, 6) is 0.859. The van der Waals surface area contributed by atoms with Crippen LogP contribution in [0.1, 0.15) is 44.1 Å². The number of carbonyl (C=O) groups excluding carboxylic acids is 1. The van der Waals surface area contributed by atoms with Crippen molar-refractivity contribution in [3.63, 3.8) is 0 Å². The first-order chi connectivity index (χ1) is 17.1.